The van der Waals surface area contributed by atoms with Gasteiger partial charge < -0.3 is 14.6 Å². The predicted molar refractivity (Wildman–Crippen MR) is 109 cm³/mol. The van der Waals surface area contributed by atoms with E-state index in [2.05, 4.69) is 5.10 Å². The number of hydrogen-bond donors (Lipinski definition) is 1. The topological polar surface area (TPSA) is 88.4 Å². The first-order valence-electron chi connectivity index (χ1n) is 9.02. The summed E-state index contributed by atoms with van der Waals surface area (Å²) in [6.07, 6.45) is -0.0161. The maximum atomic E-state index is 12.8. The van der Waals surface area contributed by atoms with E-state index in [1.165, 1.54) is 5.01 Å². The lowest BCUT2D eigenvalue weighted by atomic mass is 9.97. The van der Waals surface area contributed by atoms with Crippen LogP contribution in [-0.4, -0.2) is 41.9 Å². The molecule has 1 amide bonds. The summed E-state index contributed by atoms with van der Waals surface area (Å²) < 4.78 is 10.8. The molecular formula is C21H21ClN2O5. The number of carboxylic acids is 1. The molecule has 1 aliphatic heterocycles. The second-order valence-corrected chi connectivity index (χ2v) is 6.89. The summed E-state index contributed by atoms with van der Waals surface area (Å²) in [4.78, 5) is 23.7. The Balaban J connectivity index is 2.02. The third-order valence-electron chi connectivity index (χ3n) is 4.70. The summed E-state index contributed by atoms with van der Waals surface area (Å²) in [6.45, 7) is 0. The van der Waals surface area contributed by atoms with E-state index in [-0.39, 0.29) is 18.7 Å². The molecule has 0 saturated heterocycles. The highest BCUT2D eigenvalue weighted by molar-refractivity contribution is 6.34. The number of hydrazone groups is 1. The van der Waals surface area contributed by atoms with Crippen molar-refractivity contribution in [1.29, 1.82) is 0 Å². The van der Waals surface area contributed by atoms with Crippen LogP contribution in [0.4, 0.5) is 0 Å². The molecule has 29 heavy (non-hydrogen) atoms. The SMILES string of the molecule is COc1ccc(OC)c([C@@H]2CC(c3ccccc3Cl)=NN2C(=O)CCC(=O)O)c1. The predicted octanol–water partition coefficient (Wildman–Crippen LogP) is 3.90. The molecule has 0 bridgehead atoms. The minimum Gasteiger partial charge on any atom is -0.497 e. The van der Waals surface area contributed by atoms with Gasteiger partial charge in [0.05, 0.1) is 32.4 Å². The van der Waals surface area contributed by atoms with Crippen molar-refractivity contribution in [3.63, 3.8) is 0 Å². The molecule has 3 rings (SSSR count). The van der Waals surface area contributed by atoms with Gasteiger partial charge in [0.25, 0.3) is 0 Å². The zero-order chi connectivity index (χ0) is 21.0. The van der Waals surface area contributed by atoms with Gasteiger partial charge in [0.15, 0.2) is 0 Å². The fourth-order valence-corrected chi connectivity index (χ4v) is 3.51. The summed E-state index contributed by atoms with van der Waals surface area (Å²) in [5.41, 5.74) is 2.10. The van der Waals surface area contributed by atoms with Crippen molar-refractivity contribution in [2.45, 2.75) is 25.3 Å². The van der Waals surface area contributed by atoms with Gasteiger partial charge in [-0.05, 0) is 24.3 Å². The van der Waals surface area contributed by atoms with Crippen molar-refractivity contribution < 1.29 is 24.2 Å². The molecule has 0 saturated carbocycles. The number of benzene rings is 2. The van der Waals surface area contributed by atoms with E-state index in [0.717, 1.165) is 11.1 Å². The van der Waals surface area contributed by atoms with Gasteiger partial charge in [-0.1, -0.05) is 29.8 Å². The van der Waals surface area contributed by atoms with E-state index in [1.54, 1.807) is 38.5 Å². The molecule has 2 aromatic carbocycles. The van der Waals surface area contributed by atoms with Crippen molar-refractivity contribution in [3.05, 3.63) is 58.6 Å². The van der Waals surface area contributed by atoms with E-state index in [9.17, 15) is 9.59 Å². The van der Waals surface area contributed by atoms with Crippen LogP contribution < -0.4 is 9.47 Å². The van der Waals surface area contributed by atoms with Crippen molar-refractivity contribution in [2.24, 2.45) is 5.10 Å². The molecular weight excluding hydrogens is 396 g/mol. The molecule has 0 unspecified atom stereocenters. The first-order valence-corrected chi connectivity index (χ1v) is 9.40. The molecule has 1 aliphatic rings. The van der Waals surface area contributed by atoms with Crippen LogP contribution in [0, 0.1) is 0 Å². The lowest BCUT2D eigenvalue weighted by Crippen LogP contribution is -2.27. The number of ether oxygens (including phenoxy) is 2. The van der Waals surface area contributed by atoms with Crippen LogP contribution in [0.1, 0.15) is 36.4 Å². The van der Waals surface area contributed by atoms with Crippen molar-refractivity contribution in [3.8, 4) is 11.5 Å². The molecule has 1 N–H and O–H groups in total. The highest BCUT2D eigenvalue weighted by Crippen LogP contribution is 2.40. The number of hydrogen-bond acceptors (Lipinski definition) is 5. The average Bonchev–Trinajstić information content (AvgIpc) is 3.16. The number of rotatable bonds is 7. The van der Waals surface area contributed by atoms with Gasteiger partial charge in [-0.25, -0.2) is 5.01 Å². The third-order valence-corrected chi connectivity index (χ3v) is 5.03. The smallest absolute Gasteiger partial charge is 0.303 e. The summed E-state index contributed by atoms with van der Waals surface area (Å²) >= 11 is 6.33. The maximum absolute atomic E-state index is 12.8. The average molecular weight is 417 g/mol. The second kappa shape index (κ2) is 8.96. The van der Waals surface area contributed by atoms with Gasteiger partial charge in [-0.3, -0.25) is 9.59 Å². The van der Waals surface area contributed by atoms with Crippen LogP contribution in [0.2, 0.25) is 5.02 Å². The number of carboxylic acid groups (broad SMARTS) is 1. The van der Waals surface area contributed by atoms with Crippen LogP contribution in [-0.2, 0) is 9.59 Å². The van der Waals surface area contributed by atoms with E-state index < -0.39 is 12.0 Å². The van der Waals surface area contributed by atoms with Gasteiger partial charge in [-0.15, -0.1) is 0 Å². The molecule has 7 nitrogen and oxygen atoms in total. The number of carbonyl (C=O) groups excluding carboxylic acids is 1. The number of carbonyl (C=O) groups is 2. The zero-order valence-electron chi connectivity index (χ0n) is 16.1. The Hall–Kier alpha value is -3.06. The van der Waals surface area contributed by atoms with Gasteiger partial charge in [0.1, 0.15) is 11.5 Å². The van der Waals surface area contributed by atoms with Crippen LogP contribution in [0.25, 0.3) is 0 Å². The number of nitrogens with zero attached hydrogens (tertiary/aromatic N) is 2. The molecule has 8 heteroatoms. The highest BCUT2D eigenvalue weighted by Gasteiger charge is 2.35. The van der Waals surface area contributed by atoms with Gasteiger partial charge in [0, 0.05) is 29.0 Å². The number of aliphatic carboxylic acids is 1. The minimum atomic E-state index is -1.04. The van der Waals surface area contributed by atoms with E-state index >= 15 is 0 Å². The molecule has 0 aliphatic carbocycles. The van der Waals surface area contributed by atoms with Crippen molar-refractivity contribution >= 4 is 29.2 Å². The summed E-state index contributed by atoms with van der Waals surface area (Å²) in [5.74, 6) is -0.222. The van der Waals surface area contributed by atoms with Gasteiger partial charge >= 0.3 is 5.97 Å². The largest absolute Gasteiger partial charge is 0.497 e. The fraction of sp³-hybridized carbons (Fsp3) is 0.286. The third kappa shape index (κ3) is 4.51. The first-order chi connectivity index (χ1) is 13.9. The Kier molecular flexibility index (Phi) is 6.39. The minimum absolute atomic E-state index is 0.155. The lowest BCUT2D eigenvalue weighted by Gasteiger charge is -2.24. The number of halogens is 1. The Labute approximate surface area is 173 Å². The summed E-state index contributed by atoms with van der Waals surface area (Å²) in [7, 11) is 3.11. The van der Waals surface area contributed by atoms with E-state index in [4.69, 9.17) is 26.2 Å². The van der Waals surface area contributed by atoms with Crippen LogP contribution in [0.15, 0.2) is 47.6 Å². The number of methoxy groups -OCH3 is 2. The summed E-state index contributed by atoms with van der Waals surface area (Å²) in [6, 6.07) is 12.1. The Bertz CT molecular complexity index is 960. The fourth-order valence-electron chi connectivity index (χ4n) is 3.27. The van der Waals surface area contributed by atoms with E-state index in [0.29, 0.717) is 28.7 Å². The molecule has 0 spiro atoms. The summed E-state index contributed by atoms with van der Waals surface area (Å²) in [5, 5.41) is 15.3. The molecule has 1 atom stereocenters. The van der Waals surface area contributed by atoms with Crippen LogP contribution in [0.3, 0.4) is 0 Å². The molecule has 0 fully saturated rings. The lowest BCUT2D eigenvalue weighted by molar-refractivity contribution is -0.141. The van der Waals surface area contributed by atoms with Crippen LogP contribution >= 0.6 is 11.6 Å². The standard InChI is InChI=1S/C21H21ClN2O5/c1-28-13-7-8-19(29-2)15(11-13)18-12-17(14-5-3-4-6-16(14)22)23-24(18)20(25)9-10-21(26)27/h3-8,11,18H,9-10,12H2,1-2H3,(H,26,27)/t18-/m0/s1. The van der Waals surface area contributed by atoms with E-state index in [1.807, 2.05) is 18.2 Å². The molecule has 152 valence electrons. The van der Waals surface area contributed by atoms with Crippen molar-refractivity contribution in [1.82, 2.24) is 5.01 Å². The second-order valence-electron chi connectivity index (χ2n) is 6.49. The number of amides is 1. The zero-order valence-corrected chi connectivity index (χ0v) is 16.8. The Morgan fingerprint density at radius 3 is 2.59 bits per heavy atom. The Morgan fingerprint density at radius 2 is 1.93 bits per heavy atom. The maximum Gasteiger partial charge on any atom is 0.303 e. The van der Waals surface area contributed by atoms with Crippen molar-refractivity contribution in [2.75, 3.05) is 14.2 Å². The molecule has 0 radical (unpaired) electrons. The quantitative estimate of drug-likeness (QED) is 0.739. The normalized spacial score (nSPS) is 15.8. The molecule has 0 aromatic heterocycles. The molecule has 1 heterocycles. The van der Waals surface area contributed by atoms with Crippen LogP contribution in [0.5, 0.6) is 11.5 Å². The Morgan fingerprint density at radius 1 is 1.17 bits per heavy atom. The van der Waals surface area contributed by atoms with Gasteiger partial charge in [0.2, 0.25) is 5.91 Å². The monoisotopic (exact) mass is 416 g/mol. The molecule has 2 aromatic rings. The highest BCUT2D eigenvalue weighted by atomic mass is 35.5. The first kappa shape index (κ1) is 20.7. The van der Waals surface area contributed by atoms with Gasteiger partial charge in [-0.2, -0.15) is 5.10 Å².